The average molecular weight is 373 g/mol. The smallest absolute Gasteiger partial charge is 0.308 e. The number of aryl methyl sites for hydroxylation is 1. The molecule has 138 valence electrons. The summed E-state index contributed by atoms with van der Waals surface area (Å²) in [7, 11) is 0. The summed E-state index contributed by atoms with van der Waals surface area (Å²) in [6, 6.07) is 8.42. The maximum atomic E-state index is 11.9. The summed E-state index contributed by atoms with van der Waals surface area (Å²) < 4.78 is 0. The molecule has 1 aromatic carbocycles. The zero-order valence-corrected chi connectivity index (χ0v) is 15.3. The van der Waals surface area contributed by atoms with Gasteiger partial charge in [0.25, 0.3) is 0 Å². The van der Waals surface area contributed by atoms with E-state index in [-0.39, 0.29) is 11.7 Å². The van der Waals surface area contributed by atoms with E-state index in [0.29, 0.717) is 10.8 Å². The largest absolute Gasteiger partial charge is 0.325 e. The number of imide groups is 1. The highest BCUT2D eigenvalue weighted by Gasteiger charge is 2.16. The van der Waals surface area contributed by atoms with E-state index in [2.05, 4.69) is 25.8 Å². The van der Waals surface area contributed by atoms with E-state index in [9.17, 15) is 9.59 Å². The van der Waals surface area contributed by atoms with Crippen LogP contribution in [0.1, 0.15) is 37.9 Å². The molecule has 2 aromatic rings. The van der Waals surface area contributed by atoms with Gasteiger partial charge < -0.3 is 5.32 Å². The maximum absolute atomic E-state index is 11.9. The van der Waals surface area contributed by atoms with Crippen molar-refractivity contribution >= 4 is 29.4 Å². The van der Waals surface area contributed by atoms with Crippen LogP contribution in [0, 0.1) is 5.92 Å². The predicted molar refractivity (Wildman–Crippen MR) is 101 cm³/mol. The third-order valence-electron chi connectivity index (χ3n) is 4.39. The van der Waals surface area contributed by atoms with E-state index >= 15 is 0 Å². The molecule has 3 rings (SSSR count). The van der Waals surface area contributed by atoms with Crippen LogP contribution in [0.2, 0.25) is 0 Å². The van der Waals surface area contributed by atoms with Crippen molar-refractivity contribution in [2.45, 2.75) is 43.7 Å². The van der Waals surface area contributed by atoms with Crippen molar-refractivity contribution < 1.29 is 9.59 Å². The van der Waals surface area contributed by atoms with Crippen molar-refractivity contribution in [2.24, 2.45) is 5.92 Å². The van der Waals surface area contributed by atoms with Gasteiger partial charge in [-0.05, 0) is 24.5 Å². The number of rotatable bonds is 7. The molecule has 3 amide bonds. The second-order valence-electron chi connectivity index (χ2n) is 6.41. The summed E-state index contributed by atoms with van der Waals surface area (Å²) in [6.45, 7) is 0. The van der Waals surface area contributed by atoms with Gasteiger partial charge in [0.2, 0.25) is 11.1 Å². The number of carbonyl (C=O) groups is 2. The van der Waals surface area contributed by atoms with Gasteiger partial charge in [-0.2, -0.15) is 0 Å². The summed E-state index contributed by atoms with van der Waals surface area (Å²) in [4.78, 5) is 28.0. The number of nitrogens with one attached hydrogen (secondary N) is 3. The quantitative estimate of drug-likeness (QED) is 0.646. The van der Waals surface area contributed by atoms with Gasteiger partial charge in [0.15, 0.2) is 0 Å². The minimum absolute atomic E-state index is 0.0854. The Labute approximate surface area is 156 Å². The van der Waals surface area contributed by atoms with Crippen LogP contribution in [0.4, 0.5) is 10.5 Å². The third-order valence-corrected chi connectivity index (χ3v) is 5.24. The van der Waals surface area contributed by atoms with E-state index < -0.39 is 6.03 Å². The number of aromatic nitrogens is 3. The van der Waals surface area contributed by atoms with Crippen LogP contribution in [0.5, 0.6) is 0 Å². The third kappa shape index (κ3) is 5.87. The molecule has 0 atom stereocenters. The maximum Gasteiger partial charge on any atom is 0.325 e. The van der Waals surface area contributed by atoms with E-state index in [0.717, 1.165) is 24.6 Å². The molecule has 1 aliphatic carbocycles. The number of aromatic amines is 1. The average Bonchev–Trinajstić information content (AvgIpc) is 3.31. The zero-order chi connectivity index (χ0) is 18.2. The molecule has 1 aromatic heterocycles. The van der Waals surface area contributed by atoms with Gasteiger partial charge in [-0.1, -0.05) is 55.6 Å². The first kappa shape index (κ1) is 18.4. The number of para-hydroxylation sites is 1. The molecular formula is C18H23N5O2S. The van der Waals surface area contributed by atoms with Crippen LogP contribution < -0.4 is 10.6 Å². The Morgan fingerprint density at radius 3 is 2.73 bits per heavy atom. The van der Waals surface area contributed by atoms with Crippen LogP contribution in [0.25, 0.3) is 0 Å². The van der Waals surface area contributed by atoms with Crippen LogP contribution in [0.15, 0.2) is 35.5 Å². The fourth-order valence-electron chi connectivity index (χ4n) is 3.07. The van der Waals surface area contributed by atoms with Crippen LogP contribution in [0.3, 0.4) is 0 Å². The number of hydrogen-bond acceptors (Lipinski definition) is 5. The van der Waals surface area contributed by atoms with E-state index in [4.69, 9.17) is 0 Å². The lowest BCUT2D eigenvalue weighted by Crippen LogP contribution is -2.35. The first-order valence-electron chi connectivity index (χ1n) is 8.89. The molecule has 0 spiro atoms. The molecule has 1 fully saturated rings. The minimum atomic E-state index is -0.547. The van der Waals surface area contributed by atoms with Crippen LogP contribution >= 0.6 is 11.8 Å². The van der Waals surface area contributed by atoms with Gasteiger partial charge in [-0.3, -0.25) is 15.2 Å². The number of H-pyrrole nitrogens is 1. The topological polar surface area (TPSA) is 99.8 Å². The van der Waals surface area contributed by atoms with Crippen LogP contribution in [-0.2, 0) is 11.2 Å². The number of urea groups is 1. The highest BCUT2D eigenvalue weighted by atomic mass is 32.2. The molecule has 0 radical (unpaired) electrons. The lowest BCUT2D eigenvalue weighted by atomic mass is 10.0. The highest BCUT2D eigenvalue weighted by molar-refractivity contribution is 7.99. The number of anilines is 1. The van der Waals surface area contributed by atoms with Gasteiger partial charge >= 0.3 is 6.03 Å². The van der Waals surface area contributed by atoms with E-state index in [1.54, 1.807) is 24.3 Å². The molecule has 8 heteroatoms. The Bertz CT molecular complexity index is 728. The SMILES string of the molecule is O=C(CSc1n[nH]c(CCC2CCCC2)n1)NC(=O)Nc1ccccc1. The first-order chi connectivity index (χ1) is 12.7. The van der Waals surface area contributed by atoms with Crippen molar-refractivity contribution in [3.8, 4) is 0 Å². The van der Waals surface area contributed by atoms with Gasteiger partial charge in [0.1, 0.15) is 5.82 Å². The van der Waals surface area contributed by atoms with Gasteiger partial charge in [-0.15, -0.1) is 5.10 Å². The lowest BCUT2D eigenvalue weighted by molar-refractivity contribution is -0.117. The second-order valence-corrected chi connectivity index (χ2v) is 7.35. The highest BCUT2D eigenvalue weighted by Crippen LogP contribution is 2.28. The molecule has 0 bridgehead atoms. The molecule has 1 saturated carbocycles. The van der Waals surface area contributed by atoms with Crippen molar-refractivity contribution in [2.75, 3.05) is 11.1 Å². The van der Waals surface area contributed by atoms with Crippen LogP contribution in [-0.4, -0.2) is 32.9 Å². The number of benzene rings is 1. The van der Waals surface area contributed by atoms with E-state index in [1.165, 1.54) is 37.4 Å². The van der Waals surface area contributed by atoms with Crippen molar-refractivity contribution in [3.05, 3.63) is 36.2 Å². The number of thioether (sulfide) groups is 1. The number of hydrogen-bond donors (Lipinski definition) is 3. The Kier molecular flexibility index (Phi) is 6.65. The number of carbonyl (C=O) groups excluding carboxylic acids is 2. The monoisotopic (exact) mass is 373 g/mol. The van der Waals surface area contributed by atoms with Crippen molar-refractivity contribution in [3.63, 3.8) is 0 Å². The predicted octanol–water partition coefficient (Wildman–Crippen LogP) is 3.37. The number of nitrogens with zero attached hydrogens (tertiary/aromatic N) is 2. The fourth-order valence-corrected chi connectivity index (χ4v) is 3.69. The molecule has 1 aliphatic rings. The molecule has 1 heterocycles. The standard InChI is InChI=1S/C18H23N5O2S/c24-16(21-17(25)19-14-8-2-1-3-9-14)12-26-18-20-15(22-23-18)11-10-13-6-4-5-7-13/h1-3,8-9,13H,4-7,10-12H2,(H,20,22,23)(H2,19,21,24,25). The number of amides is 3. The molecule has 0 aliphatic heterocycles. The molecule has 7 nitrogen and oxygen atoms in total. The normalized spacial score (nSPS) is 14.3. The Morgan fingerprint density at radius 1 is 1.19 bits per heavy atom. The van der Waals surface area contributed by atoms with E-state index in [1.807, 2.05) is 6.07 Å². The van der Waals surface area contributed by atoms with Gasteiger partial charge in [0.05, 0.1) is 5.75 Å². The molecule has 0 saturated heterocycles. The summed E-state index contributed by atoms with van der Waals surface area (Å²) in [5.74, 6) is 1.37. The Hall–Kier alpha value is -2.35. The zero-order valence-electron chi connectivity index (χ0n) is 14.5. The van der Waals surface area contributed by atoms with Gasteiger partial charge in [0, 0.05) is 12.1 Å². The molecule has 3 N–H and O–H groups in total. The van der Waals surface area contributed by atoms with Gasteiger partial charge in [-0.25, -0.2) is 9.78 Å². The lowest BCUT2D eigenvalue weighted by Gasteiger charge is -2.06. The summed E-state index contributed by atoms with van der Waals surface area (Å²) >= 11 is 1.21. The summed E-state index contributed by atoms with van der Waals surface area (Å²) in [6.07, 6.45) is 7.36. The molecule has 26 heavy (non-hydrogen) atoms. The summed E-state index contributed by atoms with van der Waals surface area (Å²) in [5, 5.41) is 12.5. The van der Waals surface area contributed by atoms with Crippen molar-refractivity contribution in [1.29, 1.82) is 0 Å². The molecule has 0 unspecified atom stereocenters. The fraction of sp³-hybridized carbons (Fsp3) is 0.444. The Balaban J connectivity index is 1.36. The Morgan fingerprint density at radius 2 is 1.96 bits per heavy atom. The molecular weight excluding hydrogens is 350 g/mol. The second kappa shape index (κ2) is 9.38. The summed E-state index contributed by atoms with van der Waals surface area (Å²) in [5.41, 5.74) is 0.631. The first-order valence-corrected chi connectivity index (χ1v) is 9.87. The van der Waals surface area contributed by atoms with Crippen molar-refractivity contribution in [1.82, 2.24) is 20.5 Å². The minimum Gasteiger partial charge on any atom is -0.308 e.